The minimum Gasteiger partial charge on any atom is -0.312 e. The van der Waals surface area contributed by atoms with Crippen LogP contribution in [-0.4, -0.2) is 36.2 Å². The Bertz CT molecular complexity index is 185. The first-order valence-corrected chi connectivity index (χ1v) is 5.32. The average Bonchev–Trinajstić information content (AvgIpc) is 2.47. The van der Waals surface area contributed by atoms with Gasteiger partial charge in [0, 0.05) is 24.7 Å². The lowest BCUT2D eigenvalue weighted by atomic mass is 9.96. The number of rotatable bonds is 0. The third-order valence-corrected chi connectivity index (χ3v) is 3.22. The zero-order valence-electron chi connectivity index (χ0n) is 8.93. The van der Waals surface area contributed by atoms with Crippen LogP contribution in [0.15, 0.2) is 0 Å². The van der Waals surface area contributed by atoms with Gasteiger partial charge in [0.15, 0.2) is 0 Å². The topological polar surface area (TPSA) is 27.3 Å². The van der Waals surface area contributed by atoms with Crippen molar-refractivity contribution in [3.8, 4) is 0 Å². The fourth-order valence-electron chi connectivity index (χ4n) is 2.28. The predicted molar refractivity (Wildman–Crippen MR) is 54.4 cm³/mol. The predicted octanol–water partition coefficient (Wildman–Crippen LogP) is 0.583. The van der Waals surface area contributed by atoms with Gasteiger partial charge in [-0.25, -0.2) is 5.01 Å². The van der Waals surface area contributed by atoms with Gasteiger partial charge in [0.25, 0.3) is 0 Å². The van der Waals surface area contributed by atoms with Crippen molar-refractivity contribution >= 4 is 0 Å². The van der Waals surface area contributed by atoms with Crippen molar-refractivity contribution in [2.45, 2.75) is 38.8 Å². The Labute approximate surface area is 80.8 Å². The van der Waals surface area contributed by atoms with E-state index in [1.807, 2.05) is 0 Å². The van der Waals surface area contributed by atoms with Gasteiger partial charge in [0.2, 0.25) is 0 Å². The molecule has 0 aromatic rings. The molecular formula is C10H21N3. The molecule has 2 unspecified atom stereocenters. The molecule has 2 atom stereocenters. The molecular weight excluding hydrogens is 162 g/mol. The first kappa shape index (κ1) is 9.44. The molecule has 0 radical (unpaired) electrons. The fraction of sp³-hybridized carbons (Fsp3) is 1.00. The Kier molecular flexibility index (Phi) is 2.34. The average molecular weight is 183 g/mol. The van der Waals surface area contributed by atoms with E-state index in [2.05, 4.69) is 36.5 Å². The van der Waals surface area contributed by atoms with E-state index in [9.17, 15) is 0 Å². The van der Waals surface area contributed by atoms with Crippen LogP contribution in [0.1, 0.15) is 27.2 Å². The Hall–Kier alpha value is -0.120. The summed E-state index contributed by atoms with van der Waals surface area (Å²) in [4.78, 5) is 0. The maximum atomic E-state index is 3.58. The molecule has 0 bridgehead atoms. The summed E-state index contributed by atoms with van der Waals surface area (Å²) in [5, 5.41) is 5.95. The lowest BCUT2D eigenvalue weighted by Crippen LogP contribution is -2.61. The van der Waals surface area contributed by atoms with Crippen LogP contribution in [0.2, 0.25) is 0 Å². The summed E-state index contributed by atoms with van der Waals surface area (Å²) in [6.45, 7) is 10.3. The van der Waals surface area contributed by atoms with Crippen LogP contribution in [0, 0.1) is 5.92 Å². The van der Waals surface area contributed by atoms with Crippen molar-refractivity contribution in [3.63, 3.8) is 0 Å². The van der Waals surface area contributed by atoms with E-state index in [1.54, 1.807) is 0 Å². The quantitative estimate of drug-likeness (QED) is 0.575. The van der Waals surface area contributed by atoms with Crippen molar-refractivity contribution in [1.82, 2.24) is 15.8 Å². The van der Waals surface area contributed by atoms with E-state index in [4.69, 9.17) is 0 Å². The number of hydrogen-bond acceptors (Lipinski definition) is 3. The molecule has 2 aliphatic rings. The SMILES string of the molecule is CC(C)(C)N1CC2NCCC2CN1. The normalized spacial score (nSPS) is 36.2. The van der Waals surface area contributed by atoms with Gasteiger partial charge in [0.05, 0.1) is 0 Å². The molecule has 2 heterocycles. The maximum Gasteiger partial charge on any atom is 0.0294 e. The highest BCUT2D eigenvalue weighted by molar-refractivity contribution is 4.92. The van der Waals surface area contributed by atoms with Crippen LogP contribution in [0.25, 0.3) is 0 Å². The second kappa shape index (κ2) is 3.23. The first-order chi connectivity index (χ1) is 6.07. The standard InChI is InChI=1S/C10H21N3/c1-10(2,3)13-7-9-8(6-12-13)4-5-11-9/h8-9,11-12H,4-7H2,1-3H3. The minimum absolute atomic E-state index is 0.245. The zero-order chi connectivity index (χ0) is 9.47. The van der Waals surface area contributed by atoms with Gasteiger partial charge < -0.3 is 5.32 Å². The first-order valence-electron chi connectivity index (χ1n) is 5.32. The highest BCUT2D eigenvalue weighted by atomic mass is 15.5. The highest BCUT2D eigenvalue weighted by Gasteiger charge is 2.35. The highest BCUT2D eigenvalue weighted by Crippen LogP contribution is 2.23. The zero-order valence-corrected chi connectivity index (χ0v) is 8.93. The van der Waals surface area contributed by atoms with E-state index in [1.165, 1.54) is 13.0 Å². The lowest BCUT2D eigenvalue weighted by molar-refractivity contribution is 0.0223. The van der Waals surface area contributed by atoms with Gasteiger partial charge in [-0.3, -0.25) is 5.43 Å². The summed E-state index contributed by atoms with van der Waals surface area (Å²) in [7, 11) is 0. The number of nitrogens with zero attached hydrogens (tertiary/aromatic N) is 1. The maximum absolute atomic E-state index is 3.58. The van der Waals surface area contributed by atoms with Gasteiger partial charge in [-0.1, -0.05) is 0 Å². The molecule has 0 aromatic heterocycles. The second-order valence-corrected chi connectivity index (χ2v) is 5.25. The molecule has 0 amide bonds. The summed E-state index contributed by atoms with van der Waals surface area (Å²) >= 11 is 0. The minimum atomic E-state index is 0.245. The van der Waals surface area contributed by atoms with Crippen LogP contribution in [0.3, 0.4) is 0 Å². The van der Waals surface area contributed by atoms with Crippen LogP contribution in [-0.2, 0) is 0 Å². The molecule has 76 valence electrons. The van der Waals surface area contributed by atoms with E-state index in [0.29, 0.717) is 0 Å². The largest absolute Gasteiger partial charge is 0.312 e. The van der Waals surface area contributed by atoms with E-state index in [-0.39, 0.29) is 5.54 Å². The van der Waals surface area contributed by atoms with E-state index < -0.39 is 0 Å². The molecule has 2 fully saturated rings. The fourth-order valence-corrected chi connectivity index (χ4v) is 2.28. The van der Waals surface area contributed by atoms with Crippen molar-refractivity contribution in [2.75, 3.05) is 19.6 Å². The molecule has 3 nitrogen and oxygen atoms in total. The van der Waals surface area contributed by atoms with Crippen molar-refractivity contribution < 1.29 is 0 Å². The molecule has 3 heteroatoms. The van der Waals surface area contributed by atoms with Gasteiger partial charge >= 0.3 is 0 Å². The van der Waals surface area contributed by atoms with Crippen molar-refractivity contribution in [1.29, 1.82) is 0 Å². The second-order valence-electron chi connectivity index (χ2n) is 5.25. The van der Waals surface area contributed by atoms with Crippen LogP contribution >= 0.6 is 0 Å². The van der Waals surface area contributed by atoms with Gasteiger partial charge in [-0.05, 0) is 39.7 Å². The third-order valence-electron chi connectivity index (χ3n) is 3.22. The van der Waals surface area contributed by atoms with E-state index in [0.717, 1.165) is 25.0 Å². The molecule has 0 aromatic carbocycles. The molecule has 2 aliphatic heterocycles. The monoisotopic (exact) mass is 183 g/mol. The van der Waals surface area contributed by atoms with Gasteiger partial charge in [-0.15, -0.1) is 0 Å². The van der Waals surface area contributed by atoms with Crippen LogP contribution in [0.5, 0.6) is 0 Å². The molecule has 0 spiro atoms. The molecule has 0 saturated carbocycles. The van der Waals surface area contributed by atoms with Gasteiger partial charge in [0.1, 0.15) is 0 Å². The van der Waals surface area contributed by atoms with Gasteiger partial charge in [-0.2, -0.15) is 0 Å². The number of hydrazine groups is 1. The summed E-state index contributed by atoms with van der Waals surface area (Å²) in [5.41, 5.74) is 3.77. The molecule has 13 heavy (non-hydrogen) atoms. The number of nitrogens with one attached hydrogen (secondary N) is 2. The van der Waals surface area contributed by atoms with E-state index >= 15 is 0 Å². The Morgan fingerprint density at radius 1 is 1.31 bits per heavy atom. The lowest BCUT2D eigenvalue weighted by Gasteiger charge is -2.43. The molecule has 2 N–H and O–H groups in total. The van der Waals surface area contributed by atoms with Crippen molar-refractivity contribution in [3.05, 3.63) is 0 Å². The summed E-state index contributed by atoms with van der Waals surface area (Å²) < 4.78 is 0. The summed E-state index contributed by atoms with van der Waals surface area (Å²) in [6.07, 6.45) is 1.34. The smallest absolute Gasteiger partial charge is 0.0294 e. The Morgan fingerprint density at radius 2 is 2.08 bits per heavy atom. The van der Waals surface area contributed by atoms with Crippen LogP contribution in [0.4, 0.5) is 0 Å². The Balaban J connectivity index is 1.97. The summed E-state index contributed by atoms with van der Waals surface area (Å²) in [6, 6.07) is 0.723. The number of fused-ring (bicyclic) bond motifs is 1. The molecule has 0 aliphatic carbocycles. The summed E-state index contributed by atoms with van der Waals surface area (Å²) in [5.74, 6) is 0.860. The van der Waals surface area contributed by atoms with Crippen molar-refractivity contribution in [2.24, 2.45) is 5.92 Å². The third kappa shape index (κ3) is 1.87. The Morgan fingerprint density at radius 3 is 2.77 bits per heavy atom. The number of hydrogen-bond donors (Lipinski definition) is 2. The molecule has 2 saturated heterocycles. The molecule has 2 rings (SSSR count). The van der Waals surface area contributed by atoms with Crippen LogP contribution < -0.4 is 10.7 Å².